The Kier molecular flexibility index (Phi) is 5.30. The zero-order valence-electron chi connectivity index (χ0n) is 21.5. The molecule has 0 amide bonds. The van der Waals surface area contributed by atoms with Gasteiger partial charge in [-0.1, -0.05) is 64.1 Å². The molecule has 37 heavy (non-hydrogen) atoms. The fourth-order valence-electron chi connectivity index (χ4n) is 7.60. The number of aliphatic hydroxyl groups is 1. The van der Waals surface area contributed by atoms with Crippen molar-refractivity contribution in [2.75, 3.05) is 0 Å². The summed E-state index contributed by atoms with van der Waals surface area (Å²) in [6, 6.07) is 12.6. The molecule has 0 heterocycles. The van der Waals surface area contributed by atoms with Gasteiger partial charge in [0.25, 0.3) is 0 Å². The van der Waals surface area contributed by atoms with E-state index in [1.165, 1.54) is 13.0 Å². The van der Waals surface area contributed by atoms with Gasteiger partial charge >= 0.3 is 0 Å². The Morgan fingerprint density at radius 2 is 1.57 bits per heavy atom. The molecule has 2 aromatic rings. The van der Waals surface area contributed by atoms with Crippen LogP contribution in [0.25, 0.3) is 11.1 Å². The molecular weight excluding hydrogens is 472 g/mol. The second-order valence-corrected chi connectivity index (χ2v) is 11.4. The molecular formula is C30H30O7. The lowest BCUT2D eigenvalue weighted by atomic mass is 9.37. The lowest BCUT2D eigenvalue weighted by molar-refractivity contribution is -0.208. The highest BCUT2D eigenvalue weighted by Crippen LogP contribution is 2.67. The molecule has 2 aromatic carbocycles. The third-order valence-electron chi connectivity index (χ3n) is 10.0. The van der Waals surface area contributed by atoms with Crippen LogP contribution in [0.2, 0.25) is 0 Å². The van der Waals surface area contributed by atoms with Crippen LogP contribution in [-0.2, 0) is 19.2 Å². The smallest absolute Gasteiger partial charge is 0.190 e. The molecule has 7 heteroatoms. The molecule has 0 aliphatic heterocycles. The van der Waals surface area contributed by atoms with Crippen molar-refractivity contribution in [3.63, 3.8) is 0 Å². The Labute approximate surface area is 214 Å². The number of hydrogen-bond acceptors (Lipinski definition) is 7. The highest BCUT2D eigenvalue weighted by atomic mass is 16.3. The molecule has 192 valence electrons. The quantitative estimate of drug-likeness (QED) is 0.600. The highest BCUT2D eigenvalue weighted by Gasteiger charge is 2.76. The average Bonchev–Trinajstić information content (AvgIpc) is 2.84. The molecule has 5 rings (SSSR count). The Morgan fingerprint density at radius 1 is 0.946 bits per heavy atom. The van der Waals surface area contributed by atoms with E-state index < -0.39 is 69.0 Å². The number of carbonyl (C=O) groups is 5. The van der Waals surface area contributed by atoms with Gasteiger partial charge in [-0.05, 0) is 46.9 Å². The topological polar surface area (TPSA) is 126 Å². The molecule has 7 unspecified atom stereocenters. The summed E-state index contributed by atoms with van der Waals surface area (Å²) in [5.74, 6) is -8.75. The van der Waals surface area contributed by atoms with Gasteiger partial charge in [0.15, 0.2) is 28.7 Å². The Hall–Kier alpha value is -3.45. The normalized spacial score (nSPS) is 37.0. The number of carbonyl (C=O) groups excluding carboxylic acids is 5. The van der Waals surface area contributed by atoms with Gasteiger partial charge in [0.1, 0.15) is 17.5 Å². The fraction of sp³-hybridized carbons (Fsp3) is 0.433. The minimum absolute atomic E-state index is 0.00605. The van der Waals surface area contributed by atoms with Crippen LogP contribution in [0.15, 0.2) is 42.5 Å². The molecule has 3 aliphatic rings. The number of fused-ring (bicyclic) bond motifs is 3. The number of phenolic OH excluding ortho intramolecular Hbond substituents is 1. The van der Waals surface area contributed by atoms with E-state index in [-0.39, 0.29) is 17.7 Å². The van der Waals surface area contributed by atoms with Crippen LogP contribution in [0.5, 0.6) is 5.75 Å². The van der Waals surface area contributed by atoms with Crippen molar-refractivity contribution >= 4 is 28.9 Å². The van der Waals surface area contributed by atoms with Crippen LogP contribution in [0.4, 0.5) is 0 Å². The van der Waals surface area contributed by atoms with Crippen LogP contribution in [0, 0.1) is 28.6 Å². The van der Waals surface area contributed by atoms with Crippen molar-refractivity contribution in [3.05, 3.63) is 53.6 Å². The van der Waals surface area contributed by atoms with Crippen molar-refractivity contribution in [3.8, 4) is 16.9 Å². The predicted octanol–water partition coefficient (Wildman–Crippen LogP) is 3.68. The maximum atomic E-state index is 14.2. The second-order valence-electron chi connectivity index (χ2n) is 11.4. The maximum absolute atomic E-state index is 14.2. The van der Waals surface area contributed by atoms with Gasteiger partial charge in [-0.15, -0.1) is 0 Å². The molecule has 2 N–H and O–H groups in total. The first-order chi connectivity index (χ1) is 17.2. The van der Waals surface area contributed by atoms with E-state index in [2.05, 4.69) is 0 Å². The molecule has 0 bridgehead atoms. The largest absolute Gasteiger partial charge is 0.507 e. The lowest BCUT2D eigenvalue weighted by Crippen LogP contribution is -2.77. The Morgan fingerprint density at radius 3 is 2.16 bits per heavy atom. The molecule has 2 fully saturated rings. The summed E-state index contributed by atoms with van der Waals surface area (Å²) < 4.78 is 0. The summed E-state index contributed by atoms with van der Waals surface area (Å²) in [5, 5.41) is 22.7. The number of benzene rings is 2. The first-order valence-electron chi connectivity index (χ1n) is 12.5. The van der Waals surface area contributed by atoms with E-state index in [0.29, 0.717) is 5.56 Å². The van der Waals surface area contributed by atoms with Crippen molar-refractivity contribution in [1.82, 2.24) is 0 Å². The summed E-state index contributed by atoms with van der Waals surface area (Å²) in [5.41, 5.74) is -3.11. The van der Waals surface area contributed by atoms with Crippen molar-refractivity contribution in [2.24, 2.45) is 28.6 Å². The highest BCUT2D eigenvalue weighted by molar-refractivity contribution is 6.32. The summed E-state index contributed by atoms with van der Waals surface area (Å²) in [6.45, 7) is 8.06. The molecule has 0 spiro atoms. The van der Waals surface area contributed by atoms with Gasteiger partial charge in [-0.2, -0.15) is 0 Å². The van der Waals surface area contributed by atoms with E-state index >= 15 is 0 Å². The number of phenols is 1. The van der Waals surface area contributed by atoms with E-state index in [4.69, 9.17) is 0 Å². The monoisotopic (exact) mass is 502 g/mol. The summed E-state index contributed by atoms with van der Waals surface area (Å²) in [4.78, 5) is 67.1. The number of hydrogen-bond donors (Lipinski definition) is 2. The minimum Gasteiger partial charge on any atom is -0.507 e. The van der Waals surface area contributed by atoms with E-state index in [1.807, 2.05) is 37.3 Å². The zero-order chi connectivity index (χ0) is 27.2. The molecule has 2 saturated carbocycles. The van der Waals surface area contributed by atoms with Gasteiger partial charge in [-0.3, -0.25) is 24.0 Å². The van der Waals surface area contributed by atoms with Gasteiger partial charge in [0, 0.05) is 11.8 Å². The SMILES string of the molecule is CC(=O)C1C(=O)CC2(C)C(C)C3(C)C(C(=O)c4c(O)ccc(-c5ccccc5)c4C3C)C(=O)C2(O)C1=O. The van der Waals surface area contributed by atoms with Crippen molar-refractivity contribution < 1.29 is 34.2 Å². The summed E-state index contributed by atoms with van der Waals surface area (Å²) in [6.07, 6.45) is -0.339. The number of rotatable bonds is 2. The molecule has 3 aliphatic carbocycles. The molecule has 0 radical (unpaired) electrons. The fourth-order valence-corrected chi connectivity index (χ4v) is 7.60. The second kappa shape index (κ2) is 7.78. The third-order valence-corrected chi connectivity index (χ3v) is 10.0. The van der Waals surface area contributed by atoms with Crippen LogP contribution >= 0.6 is 0 Å². The number of Topliss-reactive ketones (excluding diaryl/α,β-unsaturated/α-hetero) is 5. The maximum Gasteiger partial charge on any atom is 0.190 e. The van der Waals surface area contributed by atoms with Crippen molar-refractivity contribution in [2.45, 2.75) is 52.6 Å². The number of aromatic hydroxyl groups is 1. The van der Waals surface area contributed by atoms with Crippen LogP contribution in [-0.4, -0.2) is 44.7 Å². The third kappa shape index (κ3) is 2.83. The van der Waals surface area contributed by atoms with Crippen LogP contribution in [0.3, 0.4) is 0 Å². The van der Waals surface area contributed by atoms with Gasteiger partial charge < -0.3 is 10.2 Å². The van der Waals surface area contributed by atoms with Crippen LogP contribution in [0.1, 0.15) is 62.9 Å². The number of ketones is 5. The molecule has 0 saturated heterocycles. The Bertz CT molecular complexity index is 1410. The zero-order valence-corrected chi connectivity index (χ0v) is 21.5. The summed E-state index contributed by atoms with van der Waals surface area (Å²) >= 11 is 0. The molecule has 0 aromatic heterocycles. The van der Waals surface area contributed by atoms with Gasteiger partial charge in [0.05, 0.1) is 11.5 Å². The first kappa shape index (κ1) is 25.2. The summed E-state index contributed by atoms with van der Waals surface area (Å²) in [7, 11) is 0. The standard InChI is InChI=1S/C30H30O7/c1-14-21-18(17-9-7-6-8-10-17)11-12-19(32)23(21)25(34)24-27(36)30(37)26(35)22(15(2)31)20(33)13-28(30,4)16(3)29(14,24)5/h6-12,14,16,22,24,32,37H,13H2,1-5H3. The average molecular weight is 503 g/mol. The van der Waals surface area contributed by atoms with Gasteiger partial charge in [0.2, 0.25) is 0 Å². The van der Waals surface area contributed by atoms with Crippen LogP contribution < -0.4 is 0 Å². The van der Waals surface area contributed by atoms with E-state index in [0.717, 1.165) is 18.1 Å². The Balaban J connectivity index is 1.79. The molecule has 7 nitrogen and oxygen atoms in total. The van der Waals surface area contributed by atoms with E-state index in [1.54, 1.807) is 19.9 Å². The molecule has 7 atom stereocenters. The lowest BCUT2D eigenvalue weighted by Gasteiger charge is -2.64. The van der Waals surface area contributed by atoms with Crippen molar-refractivity contribution in [1.29, 1.82) is 0 Å². The van der Waals surface area contributed by atoms with Gasteiger partial charge in [-0.25, -0.2) is 0 Å². The van der Waals surface area contributed by atoms with E-state index in [9.17, 15) is 34.2 Å². The minimum atomic E-state index is -2.68. The first-order valence-corrected chi connectivity index (χ1v) is 12.5. The predicted molar refractivity (Wildman–Crippen MR) is 134 cm³/mol.